The van der Waals surface area contributed by atoms with Crippen LogP contribution < -0.4 is 10.1 Å². The van der Waals surface area contributed by atoms with Crippen molar-refractivity contribution in [1.82, 2.24) is 4.98 Å². The van der Waals surface area contributed by atoms with Crippen LogP contribution in [0.5, 0.6) is 5.75 Å². The summed E-state index contributed by atoms with van der Waals surface area (Å²) >= 11 is 9.62. The number of hydrogen-bond acceptors (Lipinski definition) is 6. The molecule has 0 aliphatic rings. The van der Waals surface area contributed by atoms with E-state index in [0.29, 0.717) is 43.9 Å². The molecule has 0 radical (unpaired) electrons. The molecule has 0 atom stereocenters. The van der Waals surface area contributed by atoms with Gasteiger partial charge in [0.05, 0.1) is 23.3 Å². The monoisotopic (exact) mass is 492 g/mol. The van der Waals surface area contributed by atoms with Gasteiger partial charge in [0.25, 0.3) is 0 Å². The molecule has 1 heterocycles. The van der Waals surface area contributed by atoms with Crippen molar-refractivity contribution in [3.05, 3.63) is 62.7 Å². The standard InChI is InChI=1S/C21H18BrClN2O5/c1-11(26)30-10-13-6-14(22)7-15-19(13)25-9-16(21(27)28)20(15)24-8-12-3-4-18(29-2)17(23)5-12/h3-7,9H,8,10H2,1-2H3,(H,24,25)(H,27,28). The first-order valence-electron chi connectivity index (χ1n) is 8.84. The molecule has 30 heavy (non-hydrogen) atoms. The van der Waals surface area contributed by atoms with Crippen LogP contribution in [0.3, 0.4) is 0 Å². The number of pyridine rings is 1. The zero-order chi connectivity index (χ0) is 21.8. The zero-order valence-corrected chi connectivity index (χ0v) is 18.5. The molecular formula is C21H18BrClN2O5. The van der Waals surface area contributed by atoms with Crippen molar-refractivity contribution >= 4 is 56.1 Å². The van der Waals surface area contributed by atoms with E-state index in [-0.39, 0.29) is 12.2 Å². The normalized spacial score (nSPS) is 10.7. The Balaban J connectivity index is 2.04. The second-order valence-corrected chi connectivity index (χ2v) is 7.74. The average molecular weight is 494 g/mol. The number of halogens is 2. The van der Waals surface area contributed by atoms with Crippen molar-refractivity contribution in [2.75, 3.05) is 12.4 Å². The van der Waals surface area contributed by atoms with E-state index in [1.807, 2.05) is 6.07 Å². The van der Waals surface area contributed by atoms with E-state index in [2.05, 4.69) is 26.2 Å². The van der Waals surface area contributed by atoms with Crippen molar-refractivity contribution in [2.24, 2.45) is 0 Å². The number of ether oxygens (including phenoxy) is 2. The van der Waals surface area contributed by atoms with Crippen LogP contribution in [-0.2, 0) is 22.7 Å². The third-order valence-corrected chi connectivity index (χ3v) is 5.12. The van der Waals surface area contributed by atoms with E-state index in [1.54, 1.807) is 24.3 Å². The molecule has 1 aromatic heterocycles. The van der Waals surface area contributed by atoms with Crippen LogP contribution in [0.4, 0.5) is 5.69 Å². The summed E-state index contributed by atoms with van der Waals surface area (Å²) in [7, 11) is 1.53. The number of methoxy groups -OCH3 is 1. The number of rotatable bonds is 7. The largest absolute Gasteiger partial charge is 0.495 e. The number of fused-ring (bicyclic) bond motifs is 1. The number of benzene rings is 2. The maximum atomic E-state index is 11.8. The van der Waals surface area contributed by atoms with Gasteiger partial charge in [0.15, 0.2) is 0 Å². The lowest BCUT2D eigenvalue weighted by molar-refractivity contribution is -0.142. The molecule has 0 fully saturated rings. The Morgan fingerprint density at radius 1 is 1.27 bits per heavy atom. The Bertz CT molecular complexity index is 1140. The molecule has 3 aromatic rings. The fourth-order valence-electron chi connectivity index (χ4n) is 2.99. The van der Waals surface area contributed by atoms with Gasteiger partial charge in [0, 0.05) is 35.1 Å². The summed E-state index contributed by atoms with van der Waals surface area (Å²) in [5.74, 6) is -0.971. The van der Waals surface area contributed by atoms with Gasteiger partial charge in [-0.2, -0.15) is 0 Å². The summed E-state index contributed by atoms with van der Waals surface area (Å²) in [6.45, 7) is 1.68. The fraction of sp³-hybridized carbons (Fsp3) is 0.190. The maximum Gasteiger partial charge on any atom is 0.339 e. The first kappa shape index (κ1) is 21.9. The Morgan fingerprint density at radius 3 is 2.67 bits per heavy atom. The van der Waals surface area contributed by atoms with Gasteiger partial charge in [0.2, 0.25) is 0 Å². The Kier molecular flexibility index (Phi) is 6.79. The number of nitrogens with one attached hydrogen (secondary N) is 1. The molecule has 3 rings (SSSR count). The first-order valence-corrected chi connectivity index (χ1v) is 10.0. The highest BCUT2D eigenvalue weighted by atomic mass is 79.9. The average Bonchev–Trinajstić information content (AvgIpc) is 2.69. The lowest BCUT2D eigenvalue weighted by atomic mass is 10.0. The van der Waals surface area contributed by atoms with Crippen molar-refractivity contribution in [3.63, 3.8) is 0 Å². The first-order chi connectivity index (χ1) is 14.3. The number of carboxylic acid groups (broad SMARTS) is 1. The van der Waals surface area contributed by atoms with Gasteiger partial charge >= 0.3 is 11.9 Å². The number of aromatic nitrogens is 1. The second kappa shape index (κ2) is 9.32. The summed E-state index contributed by atoms with van der Waals surface area (Å²) < 4.78 is 11.0. The van der Waals surface area contributed by atoms with E-state index in [4.69, 9.17) is 21.1 Å². The number of anilines is 1. The van der Waals surface area contributed by atoms with Gasteiger partial charge in [-0.25, -0.2) is 4.79 Å². The van der Waals surface area contributed by atoms with Gasteiger partial charge in [-0.05, 0) is 29.8 Å². The van der Waals surface area contributed by atoms with E-state index < -0.39 is 11.9 Å². The van der Waals surface area contributed by atoms with E-state index in [0.717, 1.165) is 5.56 Å². The molecule has 0 unspecified atom stereocenters. The van der Waals surface area contributed by atoms with Crippen LogP contribution in [0.2, 0.25) is 5.02 Å². The molecule has 0 aliphatic heterocycles. The molecule has 0 aliphatic carbocycles. The van der Waals surface area contributed by atoms with Gasteiger partial charge in [-0.15, -0.1) is 0 Å². The van der Waals surface area contributed by atoms with Crippen molar-refractivity contribution < 1.29 is 24.2 Å². The summed E-state index contributed by atoms with van der Waals surface area (Å²) in [6.07, 6.45) is 1.29. The van der Waals surface area contributed by atoms with Gasteiger partial charge in [-0.3, -0.25) is 9.78 Å². The predicted octanol–water partition coefficient (Wildman–Crippen LogP) is 5.03. The quantitative estimate of drug-likeness (QED) is 0.445. The highest BCUT2D eigenvalue weighted by molar-refractivity contribution is 9.10. The van der Waals surface area contributed by atoms with Gasteiger partial charge in [0.1, 0.15) is 17.9 Å². The summed E-state index contributed by atoms with van der Waals surface area (Å²) in [4.78, 5) is 27.3. The third-order valence-electron chi connectivity index (χ3n) is 4.36. The lowest BCUT2D eigenvalue weighted by Crippen LogP contribution is -2.09. The van der Waals surface area contributed by atoms with Crippen molar-refractivity contribution in [3.8, 4) is 5.75 Å². The summed E-state index contributed by atoms with van der Waals surface area (Å²) in [6, 6.07) is 8.89. The van der Waals surface area contributed by atoms with Gasteiger partial charge in [-0.1, -0.05) is 33.6 Å². The molecule has 0 saturated heterocycles. The Hall–Kier alpha value is -2.84. The number of carboxylic acids is 1. The summed E-state index contributed by atoms with van der Waals surface area (Å²) in [5.41, 5.74) is 2.47. The molecule has 0 spiro atoms. The maximum absolute atomic E-state index is 11.8. The minimum Gasteiger partial charge on any atom is -0.495 e. The zero-order valence-electron chi connectivity index (χ0n) is 16.2. The number of nitrogens with zero attached hydrogens (tertiary/aromatic N) is 1. The lowest BCUT2D eigenvalue weighted by Gasteiger charge is -2.15. The topological polar surface area (TPSA) is 97.8 Å². The SMILES string of the molecule is COc1ccc(CNc2c(C(=O)O)cnc3c(COC(C)=O)cc(Br)cc23)cc1Cl. The Labute approximate surface area is 186 Å². The minimum absolute atomic E-state index is 0.0260. The van der Waals surface area contributed by atoms with Crippen molar-refractivity contribution in [1.29, 1.82) is 0 Å². The molecule has 2 N–H and O–H groups in total. The number of carbonyl (C=O) groups is 2. The molecular weight excluding hydrogens is 476 g/mol. The van der Waals surface area contributed by atoms with Crippen LogP contribution >= 0.6 is 27.5 Å². The van der Waals surface area contributed by atoms with E-state index >= 15 is 0 Å². The molecule has 7 nitrogen and oxygen atoms in total. The highest BCUT2D eigenvalue weighted by Gasteiger charge is 2.18. The molecule has 0 amide bonds. The van der Waals surface area contributed by atoms with E-state index in [1.165, 1.54) is 20.2 Å². The number of esters is 1. The second-order valence-electron chi connectivity index (χ2n) is 6.42. The number of hydrogen-bond donors (Lipinski definition) is 2. The molecule has 2 aromatic carbocycles. The molecule has 0 saturated carbocycles. The predicted molar refractivity (Wildman–Crippen MR) is 117 cm³/mol. The summed E-state index contributed by atoms with van der Waals surface area (Å²) in [5, 5.41) is 13.9. The smallest absolute Gasteiger partial charge is 0.339 e. The van der Waals surface area contributed by atoms with E-state index in [9.17, 15) is 14.7 Å². The Morgan fingerprint density at radius 2 is 2.03 bits per heavy atom. The fourth-order valence-corrected chi connectivity index (χ4v) is 3.78. The number of aromatic carboxylic acids is 1. The minimum atomic E-state index is -1.11. The molecule has 9 heteroatoms. The molecule has 156 valence electrons. The van der Waals surface area contributed by atoms with Crippen LogP contribution in [0.25, 0.3) is 10.9 Å². The van der Waals surface area contributed by atoms with Crippen LogP contribution in [0.1, 0.15) is 28.4 Å². The van der Waals surface area contributed by atoms with Crippen LogP contribution in [0.15, 0.2) is 41.0 Å². The molecule has 0 bridgehead atoms. The van der Waals surface area contributed by atoms with Gasteiger partial charge < -0.3 is 19.9 Å². The van der Waals surface area contributed by atoms with Crippen molar-refractivity contribution in [2.45, 2.75) is 20.1 Å². The third kappa shape index (κ3) is 4.83. The van der Waals surface area contributed by atoms with Crippen LogP contribution in [-0.4, -0.2) is 29.1 Å². The highest BCUT2D eigenvalue weighted by Crippen LogP contribution is 2.33. The van der Waals surface area contributed by atoms with Crippen LogP contribution in [0, 0.1) is 0 Å². The number of carbonyl (C=O) groups excluding carboxylic acids is 1.